The molecule has 5 heteroatoms. The summed E-state index contributed by atoms with van der Waals surface area (Å²) in [6.45, 7) is 0. The molecule has 1 amide bonds. The second kappa shape index (κ2) is 7.43. The predicted molar refractivity (Wildman–Crippen MR) is 107 cm³/mol. The van der Waals surface area contributed by atoms with Crippen LogP contribution in [0.5, 0.6) is 0 Å². The standard InChI is InChI=1S/C23H21NO4/c25-17-9-5-8-16(13-17)21(23(27)28)24-22(26)20-18-10-3-1-6-14(18)12-15-7-2-4-11-19(15)20/h1-4,6-7,10-12,16,21H,5,8-9,13H2,(H,24,26)(H,27,28)/t16-,21+/m0/s1. The zero-order valence-electron chi connectivity index (χ0n) is 15.4. The van der Waals surface area contributed by atoms with E-state index in [0.29, 0.717) is 24.8 Å². The van der Waals surface area contributed by atoms with Crippen molar-refractivity contribution in [1.82, 2.24) is 5.32 Å². The first-order valence-corrected chi connectivity index (χ1v) is 9.50. The molecule has 0 aliphatic heterocycles. The minimum Gasteiger partial charge on any atom is -0.480 e. The number of carboxylic acid groups (broad SMARTS) is 1. The Labute approximate surface area is 162 Å². The molecular weight excluding hydrogens is 354 g/mol. The van der Waals surface area contributed by atoms with Gasteiger partial charge in [0, 0.05) is 12.8 Å². The number of hydrogen-bond donors (Lipinski definition) is 2. The van der Waals surface area contributed by atoms with Crippen LogP contribution in [-0.4, -0.2) is 28.8 Å². The number of aliphatic carboxylic acids is 1. The molecule has 1 saturated carbocycles. The lowest BCUT2D eigenvalue weighted by Gasteiger charge is -2.27. The summed E-state index contributed by atoms with van der Waals surface area (Å²) in [6, 6.07) is 16.1. The molecule has 0 radical (unpaired) electrons. The maximum atomic E-state index is 13.3. The summed E-state index contributed by atoms with van der Waals surface area (Å²) in [4.78, 5) is 36.9. The predicted octanol–water partition coefficient (Wildman–Crippen LogP) is 3.94. The van der Waals surface area contributed by atoms with Crippen molar-refractivity contribution in [1.29, 1.82) is 0 Å². The fourth-order valence-corrected chi connectivity index (χ4v) is 4.20. The van der Waals surface area contributed by atoms with Crippen LogP contribution in [-0.2, 0) is 9.59 Å². The lowest BCUT2D eigenvalue weighted by atomic mass is 9.83. The molecule has 0 saturated heterocycles. The molecule has 0 aromatic heterocycles. The quantitative estimate of drug-likeness (QED) is 0.677. The molecule has 1 fully saturated rings. The summed E-state index contributed by atoms with van der Waals surface area (Å²) in [5.41, 5.74) is 0.474. The maximum absolute atomic E-state index is 13.3. The van der Waals surface area contributed by atoms with Crippen LogP contribution in [0.3, 0.4) is 0 Å². The van der Waals surface area contributed by atoms with Crippen molar-refractivity contribution in [2.24, 2.45) is 5.92 Å². The molecule has 1 aliphatic carbocycles. The van der Waals surface area contributed by atoms with Crippen molar-refractivity contribution < 1.29 is 19.5 Å². The van der Waals surface area contributed by atoms with Crippen LogP contribution in [0.2, 0.25) is 0 Å². The van der Waals surface area contributed by atoms with Gasteiger partial charge in [0.15, 0.2) is 0 Å². The van der Waals surface area contributed by atoms with E-state index in [0.717, 1.165) is 21.5 Å². The van der Waals surface area contributed by atoms with Crippen LogP contribution < -0.4 is 5.32 Å². The van der Waals surface area contributed by atoms with E-state index in [1.165, 1.54) is 0 Å². The number of benzene rings is 3. The largest absolute Gasteiger partial charge is 0.480 e. The fourth-order valence-electron chi connectivity index (χ4n) is 4.20. The normalized spacial score (nSPS) is 18.1. The number of Topliss-reactive ketones (excluding diaryl/α,β-unsaturated/α-hetero) is 1. The molecule has 0 unspecified atom stereocenters. The maximum Gasteiger partial charge on any atom is 0.326 e. The highest BCUT2D eigenvalue weighted by Gasteiger charge is 2.34. The molecule has 0 bridgehead atoms. The molecule has 0 spiro atoms. The van der Waals surface area contributed by atoms with Crippen LogP contribution in [0.15, 0.2) is 54.6 Å². The van der Waals surface area contributed by atoms with Gasteiger partial charge in [-0.15, -0.1) is 0 Å². The average molecular weight is 375 g/mol. The van der Waals surface area contributed by atoms with Crippen LogP contribution >= 0.6 is 0 Å². The van der Waals surface area contributed by atoms with Crippen molar-refractivity contribution in [2.75, 3.05) is 0 Å². The zero-order valence-corrected chi connectivity index (χ0v) is 15.4. The first-order chi connectivity index (χ1) is 13.5. The zero-order chi connectivity index (χ0) is 19.7. The summed E-state index contributed by atoms with van der Waals surface area (Å²) in [6.07, 6.45) is 1.98. The highest BCUT2D eigenvalue weighted by molar-refractivity contribution is 6.18. The number of hydrogen-bond acceptors (Lipinski definition) is 3. The Morgan fingerprint density at radius 1 is 1.00 bits per heavy atom. The van der Waals surface area contributed by atoms with Gasteiger partial charge in [-0.2, -0.15) is 0 Å². The van der Waals surface area contributed by atoms with Crippen molar-refractivity contribution in [3.8, 4) is 0 Å². The summed E-state index contributed by atoms with van der Waals surface area (Å²) in [5.74, 6) is -1.83. The molecule has 5 nitrogen and oxygen atoms in total. The van der Waals surface area contributed by atoms with E-state index in [4.69, 9.17) is 0 Å². The topological polar surface area (TPSA) is 83.5 Å². The van der Waals surface area contributed by atoms with E-state index < -0.39 is 17.9 Å². The molecule has 3 aromatic rings. The third kappa shape index (κ3) is 3.36. The molecule has 28 heavy (non-hydrogen) atoms. The van der Waals surface area contributed by atoms with E-state index in [2.05, 4.69) is 5.32 Å². The molecule has 2 atom stereocenters. The highest BCUT2D eigenvalue weighted by Crippen LogP contribution is 2.30. The Balaban J connectivity index is 1.76. The van der Waals surface area contributed by atoms with Crippen LogP contribution in [0.25, 0.3) is 21.5 Å². The van der Waals surface area contributed by atoms with Gasteiger partial charge in [-0.1, -0.05) is 48.5 Å². The van der Waals surface area contributed by atoms with E-state index in [1.54, 1.807) is 0 Å². The number of carbonyl (C=O) groups is 3. The molecule has 0 heterocycles. The number of rotatable bonds is 4. The van der Waals surface area contributed by atoms with Crippen LogP contribution in [0.4, 0.5) is 0 Å². The third-order valence-electron chi connectivity index (χ3n) is 5.54. The number of ketones is 1. The second-order valence-corrected chi connectivity index (χ2v) is 7.38. The van der Waals surface area contributed by atoms with E-state index in [9.17, 15) is 19.5 Å². The molecular formula is C23H21NO4. The van der Waals surface area contributed by atoms with Crippen molar-refractivity contribution in [3.63, 3.8) is 0 Å². The summed E-state index contributed by atoms with van der Waals surface area (Å²) < 4.78 is 0. The summed E-state index contributed by atoms with van der Waals surface area (Å²) >= 11 is 0. The average Bonchev–Trinajstić information content (AvgIpc) is 2.69. The van der Waals surface area contributed by atoms with E-state index in [1.807, 2.05) is 54.6 Å². The summed E-state index contributed by atoms with van der Waals surface area (Å²) in [7, 11) is 0. The van der Waals surface area contributed by atoms with E-state index >= 15 is 0 Å². The van der Waals surface area contributed by atoms with Crippen LogP contribution in [0, 0.1) is 5.92 Å². The Bertz CT molecular complexity index is 1030. The Morgan fingerprint density at radius 3 is 2.18 bits per heavy atom. The lowest BCUT2D eigenvalue weighted by molar-refractivity contribution is -0.141. The van der Waals surface area contributed by atoms with E-state index in [-0.39, 0.29) is 18.1 Å². The SMILES string of the molecule is O=C1CCC[C@H]([C@@H](NC(=O)c2c3ccccc3cc3ccccc23)C(=O)O)C1. The molecule has 2 N–H and O–H groups in total. The number of nitrogens with one attached hydrogen (secondary N) is 1. The second-order valence-electron chi connectivity index (χ2n) is 7.38. The van der Waals surface area contributed by atoms with Gasteiger partial charge in [-0.25, -0.2) is 4.79 Å². The number of fused-ring (bicyclic) bond motifs is 2. The lowest BCUT2D eigenvalue weighted by Crippen LogP contribution is -2.47. The smallest absolute Gasteiger partial charge is 0.326 e. The van der Waals surface area contributed by atoms with Gasteiger partial charge >= 0.3 is 5.97 Å². The van der Waals surface area contributed by atoms with Gasteiger partial charge in [0.05, 0.1) is 5.56 Å². The summed E-state index contributed by atoms with van der Waals surface area (Å²) in [5, 5.41) is 15.8. The molecule has 1 aliphatic rings. The Morgan fingerprint density at radius 2 is 1.61 bits per heavy atom. The van der Waals surface area contributed by atoms with Gasteiger partial charge in [-0.05, 0) is 46.4 Å². The van der Waals surface area contributed by atoms with Gasteiger partial charge in [0.25, 0.3) is 5.91 Å². The molecule has 142 valence electrons. The minimum absolute atomic E-state index is 0.0624. The number of carboxylic acids is 1. The van der Waals surface area contributed by atoms with Gasteiger partial charge in [-0.3, -0.25) is 9.59 Å². The Kier molecular flexibility index (Phi) is 4.82. The van der Waals surface area contributed by atoms with Gasteiger partial charge < -0.3 is 10.4 Å². The minimum atomic E-state index is -1.10. The molecule has 3 aromatic carbocycles. The first-order valence-electron chi connectivity index (χ1n) is 9.50. The van der Waals surface area contributed by atoms with Crippen molar-refractivity contribution >= 4 is 39.2 Å². The number of amides is 1. The monoisotopic (exact) mass is 375 g/mol. The van der Waals surface area contributed by atoms with Crippen molar-refractivity contribution in [2.45, 2.75) is 31.7 Å². The highest BCUT2D eigenvalue weighted by atomic mass is 16.4. The fraction of sp³-hybridized carbons (Fsp3) is 0.261. The Hall–Kier alpha value is -3.21. The third-order valence-corrected chi connectivity index (χ3v) is 5.54. The molecule has 4 rings (SSSR count). The van der Waals surface area contributed by atoms with Crippen molar-refractivity contribution in [3.05, 3.63) is 60.2 Å². The number of carbonyl (C=O) groups excluding carboxylic acids is 2. The first kappa shape index (κ1) is 18.2. The van der Waals surface area contributed by atoms with Gasteiger partial charge in [0.1, 0.15) is 11.8 Å². The van der Waals surface area contributed by atoms with Crippen LogP contribution in [0.1, 0.15) is 36.0 Å². The van der Waals surface area contributed by atoms with Gasteiger partial charge in [0.2, 0.25) is 0 Å².